The summed E-state index contributed by atoms with van der Waals surface area (Å²) in [6, 6.07) is 11.0. The first-order valence-electron chi connectivity index (χ1n) is 8.24. The van der Waals surface area contributed by atoms with Crippen molar-refractivity contribution in [2.75, 3.05) is 7.11 Å². The van der Waals surface area contributed by atoms with Gasteiger partial charge in [-0.15, -0.1) is 0 Å². The van der Waals surface area contributed by atoms with Crippen LogP contribution in [-0.2, 0) is 20.9 Å². The maximum absolute atomic E-state index is 12.3. The van der Waals surface area contributed by atoms with Gasteiger partial charge in [0.15, 0.2) is 4.80 Å². The maximum Gasteiger partial charge on any atom is 0.325 e. The van der Waals surface area contributed by atoms with Crippen LogP contribution < -0.4 is 4.80 Å². The molecule has 0 saturated heterocycles. The van der Waals surface area contributed by atoms with Crippen molar-refractivity contribution in [3.8, 4) is 0 Å². The Labute approximate surface area is 173 Å². The summed E-state index contributed by atoms with van der Waals surface area (Å²) < 4.78 is 7.05. The first kappa shape index (κ1) is 20.4. The molecule has 1 aromatic heterocycles. The Bertz CT molecular complexity index is 1210. The molecule has 0 atom stereocenters. The first-order chi connectivity index (χ1) is 13.9. The molecule has 0 N–H and O–H groups in total. The fraction of sp³-hybridized carbons (Fsp3) is 0.105. The smallest absolute Gasteiger partial charge is 0.325 e. The lowest BCUT2D eigenvalue weighted by Crippen LogP contribution is -2.22. The van der Waals surface area contributed by atoms with E-state index in [4.69, 9.17) is 16.3 Å². The molecule has 0 spiro atoms. The van der Waals surface area contributed by atoms with Crippen LogP contribution in [0.15, 0.2) is 53.5 Å². The Kier molecular flexibility index (Phi) is 6.20. The third-order valence-electron chi connectivity index (χ3n) is 3.86. The molecule has 10 heteroatoms. The van der Waals surface area contributed by atoms with E-state index in [0.29, 0.717) is 20.9 Å². The molecular formula is C19H14ClN3O5S. The number of hydrogen-bond acceptors (Lipinski definition) is 6. The number of rotatable bonds is 5. The Hall–Kier alpha value is -3.30. The zero-order chi connectivity index (χ0) is 21.0. The lowest BCUT2D eigenvalue weighted by Gasteiger charge is -2.03. The Morgan fingerprint density at radius 1 is 1.31 bits per heavy atom. The van der Waals surface area contributed by atoms with Crippen molar-refractivity contribution >= 4 is 56.8 Å². The van der Waals surface area contributed by atoms with E-state index in [1.807, 2.05) is 0 Å². The van der Waals surface area contributed by atoms with Crippen LogP contribution in [0.1, 0.15) is 5.56 Å². The van der Waals surface area contributed by atoms with Gasteiger partial charge in [-0.05, 0) is 29.8 Å². The molecule has 1 heterocycles. The normalized spacial score (nSPS) is 11.9. The summed E-state index contributed by atoms with van der Waals surface area (Å²) in [6.45, 7) is -0.112. The van der Waals surface area contributed by atoms with Crippen LogP contribution in [0.2, 0.25) is 5.02 Å². The van der Waals surface area contributed by atoms with E-state index in [2.05, 4.69) is 4.99 Å². The Morgan fingerprint density at radius 3 is 2.83 bits per heavy atom. The van der Waals surface area contributed by atoms with Crippen LogP contribution in [0.3, 0.4) is 0 Å². The number of aromatic nitrogens is 1. The minimum Gasteiger partial charge on any atom is -0.468 e. The van der Waals surface area contributed by atoms with Crippen LogP contribution >= 0.6 is 22.9 Å². The van der Waals surface area contributed by atoms with Crippen LogP contribution in [0.5, 0.6) is 0 Å². The van der Waals surface area contributed by atoms with Gasteiger partial charge in [-0.25, -0.2) is 0 Å². The van der Waals surface area contributed by atoms with Crippen LogP contribution in [0.25, 0.3) is 16.3 Å². The Balaban J connectivity index is 1.97. The molecule has 0 bridgehead atoms. The number of carbonyl (C=O) groups excluding carboxylic acids is 2. The number of esters is 1. The second-order valence-corrected chi connectivity index (χ2v) is 7.24. The summed E-state index contributed by atoms with van der Waals surface area (Å²) in [5.41, 5.74) is 1.11. The number of non-ortho nitro benzene ring substituents is 1. The van der Waals surface area contributed by atoms with Gasteiger partial charge in [0.2, 0.25) is 0 Å². The highest BCUT2D eigenvalue weighted by molar-refractivity contribution is 7.16. The zero-order valence-corrected chi connectivity index (χ0v) is 16.6. The van der Waals surface area contributed by atoms with Crippen molar-refractivity contribution < 1.29 is 19.2 Å². The molecule has 0 aliphatic heterocycles. The largest absolute Gasteiger partial charge is 0.468 e. The van der Waals surface area contributed by atoms with E-state index in [1.54, 1.807) is 28.8 Å². The van der Waals surface area contributed by atoms with Crippen molar-refractivity contribution in [1.29, 1.82) is 0 Å². The Morgan fingerprint density at radius 2 is 2.10 bits per heavy atom. The molecular weight excluding hydrogens is 418 g/mol. The van der Waals surface area contributed by atoms with E-state index in [9.17, 15) is 19.7 Å². The minimum atomic E-state index is -0.576. The number of nitro benzene ring substituents is 1. The van der Waals surface area contributed by atoms with Gasteiger partial charge in [-0.1, -0.05) is 35.1 Å². The number of hydrogen-bond donors (Lipinski definition) is 0. The summed E-state index contributed by atoms with van der Waals surface area (Å²) in [4.78, 5) is 38.8. The van der Waals surface area contributed by atoms with Gasteiger partial charge in [0.1, 0.15) is 6.54 Å². The number of halogens is 1. The fourth-order valence-corrected chi connectivity index (χ4v) is 3.83. The third kappa shape index (κ3) is 4.95. The second-order valence-electron chi connectivity index (χ2n) is 5.79. The second kappa shape index (κ2) is 8.80. The van der Waals surface area contributed by atoms with Crippen LogP contribution in [0, 0.1) is 10.1 Å². The molecule has 0 radical (unpaired) electrons. The number of thiazole rings is 1. The lowest BCUT2D eigenvalue weighted by molar-refractivity contribution is -0.384. The van der Waals surface area contributed by atoms with Crippen molar-refractivity contribution in [1.82, 2.24) is 4.57 Å². The molecule has 29 heavy (non-hydrogen) atoms. The molecule has 148 valence electrons. The highest BCUT2D eigenvalue weighted by Gasteiger charge is 2.12. The maximum atomic E-state index is 12.3. The van der Waals surface area contributed by atoms with Crippen LogP contribution in [0.4, 0.5) is 5.69 Å². The predicted octanol–water partition coefficient (Wildman–Crippen LogP) is 3.58. The summed E-state index contributed by atoms with van der Waals surface area (Å²) in [5, 5.41) is 11.4. The summed E-state index contributed by atoms with van der Waals surface area (Å²) in [5.74, 6) is -1.06. The zero-order valence-electron chi connectivity index (χ0n) is 15.1. The standard InChI is InChI=1S/C19H14ClN3O5S/c1-28-18(25)11-22-15-7-6-13(20)10-16(15)29-19(22)21-17(24)8-5-12-3-2-4-14(9-12)23(26)27/h2-10H,11H2,1H3/b8-5+,21-19?. The van der Waals surface area contributed by atoms with Crippen molar-refractivity contribution in [2.24, 2.45) is 4.99 Å². The average Bonchev–Trinajstić information content (AvgIpc) is 3.02. The van der Waals surface area contributed by atoms with Crippen molar-refractivity contribution in [3.05, 3.63) is 74.0 Å². The molecule has 0 aliphatic carbocycles. The summed E-state index contributed by atoms with van der Waals surface area (Å²) in [6.07, 6.45) is 2.65. The lowest BCUT2D eigenvalue weighted by atomic mass is 10.2. The van der Waals surface area contributed by atoms with Gasteiger partial charge >= 0.3 is 5.97 Å². The summed E-state index contributed by atoms with van der Waals surface area (Å²) in [7, 11) is 1.28. The van der Waals surface area contributed by atoms with Crippen molar-refractivity contribution in [2.45, 2.75) is 6.54 Å². The molecule has 8 nitrogen and oxygen atoms in total. The molecule has 0 unspecified atom stereocenters. The van der Waals surface area contributed by atoms with E-state index in [-0.39, 0.29) is 12.2 Å². The molecule has 0 aliphatic rings. The van der Waals surface area contributed by atoms with Crippen LogP contribution in [-0.4, -0.2) is 28.5 Å². The predicted molar refractivity (Wildman–Crippen MR) is 110 cm³/mol. The number of methoxy groups -OCH3 is 1. The number of nitrogens with zero attached hydrogens (tertiary/aromatic N) is 3. The van der Waals surface area contributed by atoms with Gasteiger partial charge in [0, 0.05) is 23.2 Å². The minimum absolute atomic E-state index is 0.0751. The highest BCUT2D eigenvalue weighted by Crippen LogP contribution is 2.22. The van der Waals surface area contributed by atoms with Gasteiger partial charge in [0.05, 0.1) is 22.2 Å². The average molecular weight is 432 g/mol. The topological polar surface area (TPSA) is 104 Å². The quantitative estimate of drug-likeness (QED) is 0.266. The monoisotopic (exact) mass is 431 g/mol. The number of nitro groups is 1. The SMILES string of the molecule is COC(=O)Cn1c(=NC(=O)/C=C/c2cccc([N+](=O)[O-])c2)sc2cc(Cl)ccc21. The number of carbonyl (C=O) groups is 2. The van der Waals surface area contributed by atoms with Gasteiger partial charge in [-0.3, -0.25) is 19.7 Å². The van der Waals surface area contributed by atoms with E-state index in [1.165, 1.54) is 48.8 Å². The fourth-order valence-electron chi connectivity index (χ4n) is 2.52. The van der Waals surface area contributed by atoms with E-state index < -0.39 is 16.8 Å². The van der Waals surface area contributed by atoms with Gasteiger partial charge in [0.25, 0.3) is 11.6 Å². The van der Waals surface area contributed by atoms with Gasteiger partial charge < -0.3 is 9.30 Å². The number of ether oxygens (including phenoxy) is 1. The molecule has 3 aromatic rings. The third-order valence-corrected chi connectivity index (χ3v) is 5.14. The molecule has 2 aromatic carbocycles. The first-order valence-corrected chi connectivity index (χ1v) is 9.44. The van der Waals surface area contributed by atoms with Gasteiger partial charge in [-0.2, -0.15) is 4.99 Å². The molecule has 1 amide bonds. The number of amides is 1. The highest BCUT2D eigenvalue weighted by atomic mass is 35.5. The number of benzene rings is 2. The molecule has 0 fully saturated rings. The van der Waals surface area contributed by atoms with E-state index in [0.717, 1.165) is 4.70 Å². The molecule has 3 rings (SSSR count). The van der Waals surface area contributed by atoms with E-state index >= 15 is 0 Å². The number of fused-ring (bicyclic) bond motifs is 1. The van der Waals surface area contributed by atoms with Crippen molar-refractivity contribution in [3.63, 3.8) is 0 Å². The molecule has 0 saturated carbocycles. The summed E-state index contributed by atoms with van der Waals surface area (Å²) >= 11 is 7.23.